The molecule has 0 aromatic carbocycles. The maximum Gasteiger partial charge on any atom is 0.179 e. The van der Waals surface area contributed by atoms with E-state index in [0.717, 1.165) is 0 Å². The minimum absolute atomic E-state index is 0.637. The van der Waals surface area contributed by atoms with E-state index in [2.05, 4.69) is 11.9 Å². The molecular formula is C7H13NO. The molecule has 1 fully saturated rings. The molecule has 52 valence electrons. The van der Waals surface area contributed by atoms with Gasteiger partial charge in [0.1, 0.15) is 0 Å². The second-order valence-corrected chi connectivity index (χ2v) is 2.40. The first-order valence-corrected chi connectivity index (χ1v) is 3.32. The van der Waals surface area contributed by atoms with Crippen molar-refractivity contribution in [1.82, 2.24) is 5.32 Å². The summed E-state index contributed by atoms with van der Waals surface area (Å²) < 4.78 is 4.85. The molecule has 0 radical (unpaired) electrons. The molecule has 1 N–H and O–H groups in total. The van der Waals surface area contributed by atoms with Crippen molar-refractivity contribution in [3.63, 3.8) is 0 Å². The zero-order chi connectivity index (χ0) is 6.69. The van der Waals surface area contributed by atoms with Gasteiger partial charge in [-0.3, -0.25) is 0 Å². The van der Waals surface area contributed by atoms with Crippen LogP contribution in [0.5, 0.6) is 0 Å². The van der Waals surface area contributed by atoms with Crippen molar-refractivity contribution in [2.45, 2.75) is 25.3 Å². The predicted octanol–water partition coefficient (Wildman–Crippen LogP) is 1.25. The number of nitrogens with one attached hydrogen (secondary N) is 1. The van der Waals surface area contributed by atoms with Crippen molar-refractivity contribution in [2.24, 2.45) is 0 Å². The third kappa shape index (κ3) is 1.63. The van der Waals surface area contributed by atoms with Gasteiger partial charge in [-0.1, -0.05) is 0 Å². The Kier molecular flexibility index (Phi) is 1.98. The lowest BCUT2D eigenvalue weighted by molar-refractivity contribution is 0.226. The molecule has 1 aliphatic rings. The van der Waals surface area contributed by atoms with Gasteiger partial charge in [-0.2, -0.15) is 0 Å². The summed E-state index contributed by atoms with van der Waals surface area (Å²) in [7, 11) is 1.63. The van der Waals surface area contributed by atoms with Crippen molar-refractivity contribution in [3.8, 4) is 0 Å². The van der Waals surface area contributed by atoms with Crippen molar-refractivity contribution < 1.29 is 4.74 Å². The maximum absolute atomic E-state index is 4.85. The van der Waals surface area contributed by atoms with Crippen LogP contribution in [-0.2, 0) is 4.74 Å². The predicted molar refractivity (Wildman–Crippen MR) is 36.9 cm³/mol. The van der Waals surface area contributed by atoms with Crippen LogP contribution in [0.2, 0.25) is 0 Å². The Hall–Kier alpha value is -0.660. The lowest BCUT2D eigenvalue weighted by atomic mass is 9.93. The monoisotopic (exact) mass is 127 g/mol. The van der Waals surface area contributed by atoms with Crippen LogP contribution < -0.4 is 5.32 Å². The Balaban J connectivity index is 2.09. The molecule has 0 spiro atoms. The highest BCUT2D eigenvalue weighted by atomic mass is 16.5. The largest absolute Gasteiger partial charge is 0.483 e. The van der Waals surface area contributed by atoms with Gasteiger partial charge in [0.15, 0.2) is 5.88 Å². The summed E-state index contributed by atoms with van der Waals surface area (Å²) in [4.78, 5) is 0. The van der Waals surface area contributed by atoms with Gasteiger partial charge in [0, 0.05) is 6.04 Å². The molecule has 1 saturated carbocycles. The van der Waals surface area contributed by atoms with E-state index in [1.165, 1.54) is 19.3 Å². The first-order valence-electron chi connectivity index (χ1n) is 3.32. The second kappa shape index (κ2) is 2.76. The van der Waals surface area contributed by atoms with Gasteiger partial charge in [-0.25, -0.2) is 0 Å². The van der Waals surface area contributed by atoms with E-state index in [9.17, 15) is 0 Å². The molecule has 0 aromatic rings. The molecule has 9 heavy (non-hydrogen) atoms. The van der Waals surface area contributed by atoms with Crippen LogP contribution in [0.25, 0.3) is 0 Å². The van der Waals surface area contributed by atoms with Crippen LogP contribution in [0.4, 0.5) is 0 Å². The summed E-state index contributed by atoms with van der Waals surface area (Å²) in [6, 6.07) is 0.637. The Labute approximate surface area is 55.9 Å². The van der Waals surface area contributed by atoms with E-state index in [4.69, 9.17) is 4.74 Å². The van der Waals surface area contributed by atoms with Gasteiger partial charge in [0.2, 0.25) is 0 Å². The van der Waals surface area contributed by atoms with Crippen molar-refractivity contribution in [2.75, 3.05) is 7.11 Å². The van der Waals surface area contributed by atoms with Crippen LogP contribution in [0.3, 0.4) is 0 Å². The lowest BCUT2D eigenvalue weighted by Gasteiger charge is -2.27. The Morgan fingerprint density at radius 2 is 2.33 bits per heavy atom. The Morgan fingerprint density at radius 1 is 1.67 bits per heavy atom. The molecule has 0 saturated heterocycles. The molecule has 0 unspecified atom stereocenters. The molecule has 0 aromatic heterocycles. The number of hydrogen-bond acceptors (Lipinski definition) is 2. The fourth-order valence-electron chi connectivity index (χ4n) is 0.839. The van der Waals surface area contributed by atoms with Crippen molar-refractivity contribution in [3.05, 3.63) is 12.5 Å². The summed E-state index contributed by atoms with van der Waals surface area (Å²) in [6.07, 6.45) is 3.87. The lowest BCUT2D eigenvalue weighted by Crippen LogP contribution is -2.34. The van der Waals surface area contributed by atoms with Crippen LogP contribution >= 0.6 is 0 Å². The smallest absolute Gasteiger partial charge is 0.179 e. The number of hydrogen-bond donors (Lipinski definition) is 1. The van der Waals surface area contributed by atoms with E-state index < -0.39 is 0 Å². The third-order valence-electron chi connectivity index (χ3n) is 1.72. The van der Waals surface area contributed by atoms with Gasteiger partial charge in [-0.15, -0.1) is 0 Å². The third-order valence-corrected chi connectivity index (χ3v) is 1.72. The summed E-state index contributed by atoms with van der Waals surface area (Å²) in [6.45, 7) is 3.66. The van der Waals surface area contributed by atoms with E-state index in [0.29, 0.717) is 11.9 Å². The van der Waals surface area contributed by atoms with Crippen molar-refractivity contribution >= 4 is 0 Å². The van der Waals surface area contributed by atoms with E-state index in [-0.39, 0.29) is 0 Å². The molecule has 0 atom stereocenters. The summed E-state index contributed by atoms with van der Waals surface area (Å²) in [5, 5.41) is 3.15. The number of methoxy groups -OCH3 is 1. The molecule has 2 nitrogen and oxygen atoms in total. The maximum atomic E-state index is 4.85. The van der Waals surface area contributed by atoms with Crippen LogP contribution in [-0.4, -0.2) is 13.2 Å². The standard InChI is InChI=1S/C7H13NO/c1-6(9-2)8-7-4-3-5-7/h7-8H,1,3-5H2,2H3. The quantitative estimate of drug-likeness (QED) is 0.576. The molecule has 2 heteroatoms. The Morgan fingerprint density at radius 3 is 2.67 bits per heavy atom. The Bertz CT molecular complexity index is 107. The highest BCUT2D eigenvalue weighted by Crippen LogP contribution is 2.18. The normalized spacial score (nSPS) is 18.3. The molecular weight excluding hydrogens is 114 g/mol. The molecule has 1 rings (SSSR count). The highest BCUT2D eigenvalue weighted by Gasteiger charge is 2.16. The molecule has 0 aliphatic heterocycles. The zero-order valence-corrected chi connectivity index (χ0v) is 5.81. The fourth-order valence-corrected chi connectivity index (χ4v) is 0.839. The molecule has 0 amide bonds. The minimum atomic E-state index is 0.637. The average molecular weight is 127 g/mol. The topological polar surface area (TPSA) is 21.3 Å². The number of rotatable bonds is 3. The van der Waals surface area contributed by atoms with Crippen molar-refractivity contribution in [1.29, 1.82) is 0 Å². The molecule has 1 aliphatic carbocycles. The van der Waals surface area contributed by atoms with Gasteiger partial charge in [0.05, 0.1) is 7.11 Å². The summed E-state index contributed by atoms with van der Waals surface area (Å²) in [5.41, 5.74) is 0. The van der Waals surface area contributed by atoms with Gasteiger partial charge in [0.25, 0.3) is 0 Å². The highest BCUT2D eigenvalue weighted by molar-refractivity contribution is 4.87. The fraction of sp³-hybridized carbons (Fsp3) is 0.714. The van der Waals surface area contributed by atoms with Crippen LogP contribution in [0.15, 0.2) is 12.5 Å². The van der Waals surface area contributed by atoms with Crippen LogP contribution in [0.1, 0.15) is 19.3 Å². The number of ether oxygens (including phenoxy) is 1. The molecule has 0 bridgehead atoms. The van der Waals surface area contributed by atoms with Crippen LogP contribution in [0, 0.1) is 0 Å². The van der Waals surface area contributed by atoms with E-state index in [1.807, 2.05) is 0 Å². The zero-order valence-electron chi connectivity index (χ0n) is 5.81. The SMILES string of the molecule is C=C(NC1CCC1)OC. The van der Waals surface area contributed by atoms with Gasteiger partial charge < -0.3 is 10.1 Å². The first-order chi connectivity index (χ1) is 4.33. The summed E-state index contributed by atoms with van der Waals surface area (Å²) in [5.74, 6) is 0.694. The summed E-state index contributed by atoms with van der Waals surface area (Å²) >= 11 is 0. The van der Waals surface area contributed by atoms with E-state index >= 15 is 0 Å². The molecule has 0 heterocycles. The van der Waals surface area contributed by atoms with E-state index in [1.54, 1.807) is 7.11 Å². The van der Waals surface area contributed by atoms with Gasteiger partial charge in [-0.05, 0) is 25.8 Å². The average Bonchev–Trinajstić information content (AvgIpc) is 1.78. The second-order valence-electron chi connectivity index (χ2n) is 2.40. The first kappa shape index (κ1) is 6.46. The van der Waals surface area contributed by atoms with Gasteiger partial charge >= 0.3 is 0 Å². The minimum Gasteiger partial charge on any atom is -0.483 e.